The number of carbonyl (C=O) groups is 1. The van der Waals surface area contributed by atoms with Gasteiger partial charge in [0.25, 0.3) is 0 Å². The summed E-state index contributed by atoms with van der Waals surface area (Å²) < 4.78 is 0. The van der Waals surface area contributed by atoms with Gasteiger partial charge in [-0.05, 0) is 24.2 Å². The van der Waals surface area contributed by atoms with Crippen LogP contribution in [0.4, 0.5) is 0 Å². The molecule has 0 aliphatic rings. The fraction of sp³-hybridized carbons (Fsp3) is 0.533. The molecule has 0 aromatic heterocycles. The number of hydroxylamine groups is 2. The SMILES string of the molecule is CON(C)C(=O)CCCCCSCc1ccccc1. The highest BCUT2D eigenvalue weighted by atomic mass is 32.2. The Bertz CT molecular complexity index is 356. The third kappa shape index (κ3) is 7.23. The number of hydrogen-bond acceptors (Lipinski definition) is 3. The molecule has 0 heterocycles. The first-order valence-electron chi connectivity index (χ1n) is 6.66. The van der Waals surface area contributed by atoms with Crippen LogP contribution in [0.2, 0.25) is 0 Å². The Morgan fingerprint density at radius 3 is 2.63 bits per heavy atom. The Labute approximate surface area is 120 Å². The number of carbonyl (C=O) groups excluding carboxylic acids is 1. The lowest BCUT2D eigenvalue weighted by Crippen LogP contribution is -2.24. The van der Waals surface area contributed by atoms with Crippen LogP contribution in [0.5, 0.6) is 0 Å². The van der Waals surface area contributed by atoms with E-state index in [2.05, 4.69) is 24.3 Å². The molecule has 0 atom stereocenters. The van der Waals surface area contributed by atoms with E-state index in [9.17, 15) is 4.79 Å². The van der Waals surface area contributed by atoms with Gasteiger partial charge in [0.2, 0.25) is 5.91 Å². The van der Waals surface area contributed by atoms with Crippen LogP contribution in [0, 0.1) is 0 Å². The molecule has 4 heteroatoms. The summed E-state index contributed by atoms with van der Waals surface area (Å²) in [6.45, 7) is 0. The molecule has 0 radical (unpaired) electrons. The summed E-state index contributed by atoms with van der Waals surface area (Å²) in [6.07, 6.45) is 3.79. The summed E-state index contributed by atoms with van der Waals surface area (Å²) in [7, 11) is 3.16. The topological polar surface area (TPSA) is 29.5 Å². The first kappa shape index (κ1) is 16.1. The van der Waals surface area contributed by atoms with E-state index in [4.69, 9.17) is 4.84 Å². The van der Waals surface area contributed by atoms with Crippen LogP contribution in [-0.4, -0.2) is 30.9 Å². The minimum atomic E-state index is 0.0550. The number of unbranched alkanes of at least 4 members (excludes halogenated alkanes) is 2. The van der Waals surface area contributed by atoms with Gasteiger partial charge in [-0.1, -0.05) is 36.8 Å². The maximum atomic E-state index is 11.4. The third-order valence-electron chi connectivity index (χ3n) is 2.92. The van der Waals surface area contributed by atoms with Crippen molar-refractivity contribution in [2.75, 3.05) is 19.9 Å². The highest BCUT2D eigenvalue weighted by molar-refractivity contribution is 7.98. The second-order valence-corrected chi connectivity index (χ2v) is 5.53. The summed E-state index contributed by atoms with van der Waals surface area (Å²) in [5.41, 5.74) is 1.38. The third-order valence-corrected chi connectivity index (χ3v) is 4.03. The molecule has 0 fully saturated rings. The fourth-order valence-corrected chi connectivity index (χ4v) is 2.66. The van der Waals surface area contributed by atoms with Gasteiger partial charge in [-0.2, -0.15) is 11.8 Å². The summed E-state index contributed by atoms with van der Waals surface area (Å²) in [4.78, 5) is 16.3. The minimum Gasteiger partial charge on any atom is -0.275 e. The van der Waals surface area contributed by atoms with Gasteiger partial charge in [-0.15, -0.1) is 0 Å². The fourth-order valence-electron chi connectivity index (χ4n) is 1.68. The van der Waals surface area contributed by atoms with E-state index in [1.54, 1.807) is 7.05 Å². The van der Waals surface area contributed by atoms with Gasteiger partial charge in [0.1, 0.15) is 0 Å². The van der Waals surface area contributed by atoms with Gasteiger partial charge in [0, 0.05) is 19.2 Å². The number of rotatable bonds is 9. The molecular formula is C15H23NO2S. The maximum Gasteiger partial charge on any atom is 0.245 e. The number of thioether (sulfide) groups is 1. The Kier molecular flexibility index (Phi) is 8.34. The number of hydrogen-bond donors (Lipinski definition) is 0. The lowest BCUT2D eigenvalue weighted by atomic mass is 10.2. The molecule has 1 amide bonds. The second kappa shape index (κ2) is 9.87. The Morgan fingerprint density at radius 1 is 1.21 bits per heavy atom. The van der Waals surface area contributed by atoms with Gasteiger partial charge in [0.05, 0.1) is 7.11 Å². The van der Waals surface area contributed by atoms with Crippen molar-refractivity contribution in [3.8, 4) is 0 Å². The number of amides is 1. The lowest BCUT2D eigenvalue weighted by Gasteiger charge is -2.12. The highest BCUT2D eigenvalue weighted by Gasteiger charge is 2.06. The smallest absolute Gasteiger partial charge is 0.245 e. The minimum absolute atomic E-state index is 0.0550. The average molecular weight is 281 g/mol. The van der Waals surface area contributed by atoms with Gasteiger partial charge < -0.3 is 0 Å². The number of nitrogens with zero attached hydrogens (tertiary/aromatic N) is 1. The van der Waals surface area contributed by atoms with Crippen LogP contribution in [0.1, 0.15) is 31.2 Å². The van der Waals surface area contributed by atoms with Crippen molar-refractivity contribution < 1.29 is 9.63 Å². The zero-order valence-electron chi connectivity index (χ0n) is 11.8. The van der Waals surface area contributed by atoms with Crippen molar-refractivity contribution in [3.63, 3.8) is 0 Å². The summed E-state index contributed by atoms with van der Waals surface area (Å²) in [6, 6.07) is 10.5. The van der Waals surface area contributed by atoms with Crippen LogP contribution >= 0.6 is 11.8 Å². The first-order chi connectivity index (χ1) is 9.24. The predicted octanol–water partition coefficient (Wildman–Crippen LogP) is 3.50. The highest BCUT2D eigenvalue weighted by Crippen LogP contribution is 2.14. The Balaban J connectivity index is 1.96. The summed E-state index contributed by atoms with van der Waals surface area (Å²) in [5, 5.41) is 1.30. The zero-order chi connectivity index (χ0) is 13.9. The molecule has 0 N–H and O–H groups in total. The van der Waals surface area contributed by atoms with E-state index in [1.807, 2.05) is 17.8 Å². The Hall–Kier alpha value is -1.00. The molecule has 1 rings (SSSR count). The molecule has 0 aliphatic heterocycles. The lowest BCUT2D eigenvalue weighted by molar-refractivity contribution is -0.168. The van der Waals surface area contributed by atoms with Crippen molar-refractivity contribution in [2.45, 2.75) is 31.4 Å². The van der Waals surface area contributed by atoms with Crippen molar-refractivity contribution in [1.82, 2.24) is 5.06 Å². The summed E-state index contributed by atoms with van der Waals surface area (Å²) in [5.74, 6) is 2.29. The van der Waals surface area contributed by atoms with Crippen molar-refractivity contribution in [2.24, 2.45) is 0 Å². The molecule has 0 bridgehead atoms. The molecule has 1 aromatic carbocycles. The van der Waals surface area contributed by atoms with Crippen LogP contribution < -0.4 is 0 Å². The molecule has 0 aliphatic carbocycles. The van der Waals surface area contributed by atoms with Crippen LogP contribution in [0.15, 0.2) is 30.3 Å². The van der Waals surface area contributed by atoms with E-state index < -0.39 is 0 Å². The van der Waals surface area contributed by atoms with Crippen LogP contribution in [0.25, 0.3) is 0 Å². The molecule has 0 saturated carbocycles. The molecule has 3 nitrogen and oxygen atoms in total. The molecule has 0 spiro atoms. The summed E-state index contributed by atoms with van der Waals surface area (Å²) >= 11 is 1.96. The molecule has 106 valence electrons. The van der Waals surface area contributed by atoms with Crippen molar-refractivity contribution in [1.29, 1.82) is 0 Å². The van der Waals surface area contributed by atoms with Gasteiger partial charge in [-0.25, -0.2) is 5.06 Å². The van der Waals surface area contributed by atoms with Gasteiger partial charge in [0.15, 0.2) is 0 Å². The van der Waals surface area contributed by atoms with Crippen LogP contribution in [-0.2, 0) is 15.4 Å². The van der Waals surface area contributed by atoms with E-state index in [1.165, 1.54) is 24.2 Å². The van der Waals surface area contributed by atoms with Crippen molar-refractivity contribution in [3.05, 3.63) is 35.9 Å². The number of benzene rings is 1. The maximum absolute atomic E-state index is 11.4. The van der Waals surface area contributed by atoms with E-state index in [0.29, 0.717) is 6.42 Å². The molecular weight excluding hydrogens is 258 g/mol. The molecule has 1 aromatic rings. The Morgan fingerprint density at radius 2 is 1.95 bits per heavy atom. The standard InChI is InChI=1S/C15H23NO2S/c1-16(18-2)15(17)11-7-4-8-12-19-13-14-9-5-3-6-10-14/h3,5-6,9-10H,4,7-8,11-13H2,1-2H3. The van der Waals surface area contributed by atoms with Gasteiger partial charge >= 0.3 is 0 Å². The van der Waals surface area contributed by atoms with E-state index in [0.717, 1.165) is 24.3 Å². The average Bonchev–Trinajstić information content (AvgIpc) is 2.46. The normalized spacial score (nSPS) is 10.4. The van der Waals surface area contributed by atoms with Gasteiger partial charge in [-0.3, -0.25) is 9.63 Å². The quantitative estimate of drug-likeness (QED) is 0.512. The molecule has 0 saturated heterocycles. The first-order valence-corrected chi connectivity index (χ1v) is 7.82. The van der Waals surface area contributed by atoms with E-state index >= 15 is 0 Å². The molecule has 0 unspecified atom stereocenters. The predicted molar refractivity (Wildman–Crippen MR) is 80.9 cm³/mol. The zero-order valence-corrected chi connectivity index (χ0v) is 12.6. The monoisotopic (exact) mass is 281 g/mol. The largest absolute Gasteiger partial charge is 0.275 e. The second-order valence-electron chi connectivity index (χ2n) is 4.42. The molecule has 19 heavy (non-hydrogen) atoms. The van der Waals surface area contributed by atoms with Crippen molar-refractivity contribution >= 4 is 17.7 Å². The van der Waals surface area contributed by atoms with Crippen LogP contribution in [0.3, 0.4) is 0 Å². The van der Waals surface area contributed by atoms with E-state index in [-0.39, 0.29) is 5.91 Å².